The second-order valence-electron chi connectivity index (χ2n) is 4.73. The highest BCUT2D eigenvalue weighted by Crippen LogP contribution is 2.20. The molecule has 5 nitrogen and oxygen atoms in total. The lowest BCUT2D eigenvalue weighted by Gasteiger charge is -2.08. The Kier molecular flexibility index (Phi) is 4.87. The molecule has 0 saturated carbocycles. The molecule has 0 bridgehead atoms. The summed E-state index contributed by atoms with van der Waals surface area (Å²) < 4.78 is 28.2. The third kappa shape index (κ3) is 4.20. The Bertz CT molecular complexity index is 727. The van der Waals surface area contributed by atoms with Gasteiger partial charge in [0.25, 0.3) is 0 Å². The molecule has 0 saturated heterocycles. The molecule has 2 rings (SSSR count). The van der Waals surface area contributed by atoms with Gasteiger partial charge in [-0.25, -0.2) is 8.42 Å². The average molecular weight is 308 g/mol. The van der Waals surface area contributed by atoms with Crippen LogP contribution in [0.25, 0.3) is 10.8 Å². The Morgan fingerprint density at radius 1 is 1.10 bits per heavy atom. The number of rotatable bonds is 6. The van der Waals surface area contributed by atoms with Crippen LogP contribution in [0.2, 0.25) is 0 Å². The van der Waals surface area contributed by atoms with Gasteiger partial charge in [-0.15, -0.1) is 0 Å². The van der Waals surface area contributed by atoms with Crippen LogP contribution in [-0.2, 0) is 9.84 Å². The highest BCUT2D eigenvalue weighted by atomic mass is 32.2. The molecule has 21 heavy (non-hydrogen) atoms. The largest absolute Gasteiger partial charge is 0.493 e. The van der Waals surface area contributed by atoms with Gasteiger partial charge in [-0.05, 0) is 28.4 Å². The summed E-state index contributed by atoms with van der Waals surface area (Å²) in [6.07, 6.45) is 0. The molecule has 0 spiro atoms. The van der Waals surface area contributed by atoms with E-state index < -0.39 is 17.0 Å². The normalized spacial score (nSPS) is 11.6. The van der Waals surface area contributed by atoms with Crippen molar-refractivity contribution < 1.29 is 23.2 Å². The van der Waals surface area contributed by atoms with Gasteiger partial charge in [-0.3, -0.25) is 0 Å². The average Bonchev–Trinajstić information content (AvgIpc) is 2.46. The van der Waals surface area contributed by atoms with Crippen molar-refractivity contribution in [2.75, 3.05) is 18.1 Å². The lowest BCUT2D eigenvalue weighted by Crippen LogP contribution is -2.29. The summed E-state index contributed by atoms with van der Waals surface area (Å²) in [5.74, 6) is 0.698. The number of ether oxygens (including phenoxy) is 1. The summed E-state index contributed by atoms with van der Waals surface area (Å²) in [5.41, 5.74) is 0.421. The van der Waals surface area contributed by atoms with Crippen LogP contribution in [0.4, 0.5) is 0 Å². The fourth-order valence-corrected chi connectivity index (χ4v) is 2.55. The van der Waals surface area contributed by atoms with E-state index in [1.54, 1.807) is 43.3 Å². The topological polar surface area (TPSA) is 83.8 Å². The van der Waals surface area contributed by atoms with Gasteiger partial charge < -0.3 is 14.8 Å². The highest BCUT2D eigenvalue weighted by Gasteiger charge is 2.11. The molecule has 0 unspecified atom stereocenters. The smallest absolute Gasteiger partial charge is 0.488 e. The van der Waals surface area contributed by atoms with Crippen molar-refractivity contribution in [1.29, 1.82) is 0 Å². The van der Waals surface area contributed by atoms with Gasteiger partial charge in [0.2, 0.25) is 0 Å². The lowest BCUT2D eigenvalue weighted by molar-refractivity contribution is 0.341. The van der Waals surface area contributed by atoms with Crippen LogP contribution < -0.4 is 10.2 Å². The maximum atomic E-state index is 11.4. The molecule has 0 amide bonds. The maximum absolute atomic E-state index is 11.4. The molecule has 0 atom stereocenters. The zero-order chi connectivity index (χ0) is 15.5. The van der Waals surface area contributed by atoms with Crippen LogP contribution in [-0.4, -0.2) is 43.7 Å². The molecule has 2 aromatic carbocycles. The summed E-state index contributed by atoms with van der Waals surface area (Å²) in [4.78, 5) is 0. The number of hydrogen-bond donors (Lipinski definition) is 2. The van der Waals surface area contributed by atoms with Gasteiger partial charge in [0.1, 0.15) is 12.4 Å². The minimum absolute atomic E-state index is 0.00280. The highest BCUT2D eigenvalue weighted by molar-refractivity contribution is 7.91. The molecule has 112 valence electrons. The Hall–Kier alpha value is -1.57. The molecule has 7 heteroatoms. The first-order chi connectivity index (χ1) is 9.91. The second-order valence-corrected chi connectivity index (χ2v) is 7.20. The van der Waals surface area contributed by atoms with E-state index in [4.69, 9.17) is 14.8 Å². The monoisotopic (exact) mass is 308 g/mol. The van der Waals surface area contributed by atoms with Crippen molar-refractivity contribution in [2.24, 2.45) is 0 Å². The van der Waals surface area contributed by atoms with Crippen molar-refractivity contribution in [1.82, 2.24) is 0 Å². The molecule has 0 aliphatic rings. The van der Waals surface area contributed by atoms with Gasteiger partial charge >= 0.3 is 7.12 Å². The van der Waals surface area contributed by atoms with Crippen molar-refractivity contribution in [3.8, 4) is 5.75 Å². The van der Waals surface area contributed by atoms with E-state index in [1.165, 1.54) is 0 Å². The minimum Gasteiger partial charge on any atom is -0.493 e. The molecule has 0 fully saturated rings. The van der Waals surface area contributed by atoms with E-state index in [2.05, 4.69) is 0 Å². The van der Waals surface area contributed by atoms with Crippen LogP contribution in [0.5, 0.6) is 5.75 Å². The summed E-state index contributed by atoms with van der Waals surface area (Å²) in [6, 6.07) is 10.4. The van der Waals surface area contributed by atoms with Crippen LogP contribution in [0.15, 0.2) is 36.4 Å². The summed E-state index contributed by atoms with van der Waals surface area (Å²) in [7, 11) is -4.52. The zero-order valence-electron chi connectivity index (χ0n) is 11.7. The van der Waals surface area contributed by atoms with Crippen molar-refractivity contribution in [3.05, 3.63) is 36.4 Å². The third-order valence-corrected chi connectivity index (χ3v) is 4.91. The van der Waals surface area contributed by atoms with Crippen LogP contribution >= 0.6 is 0 Å². The van der Waals surface area contributed by atoms with Crippen LogP contribution in [0.1, 0.15) is 6.92 Å². The molecule has 0 heterocycles. The van der Waals surface area contributed by atoms with E-state index in [0.717, 1.165) is 10.8 Å². The second kappa shape index (κ2) is 6.47. The Labute approximate surface area is 124 Å². The first kappa shape index (κ1) is 15.8. The minimum atomic E-state index is -3.03. The number of benzene rings is 2. The Morgan fingerprint density at radius 2 is 1.76 bits per heavy atom. The van der Waals surface area contributed by atoms with E-state index in [-0.39, 0.29) is 18.1 Å². The number of hydrogen-bond acceptors (Lipinski definition) is 5. The lowest BCUT2D eigenvalue weighted by atomic mass is 9.79. The first-order valence-corrected chi connectivity index (χ1v) is 8.46. The van der Waals surface area contributed by atoms with Gasteiger partial charge in [-0.1, -0.05) is 31.2 Å². The molecule has 0 aliphatic carbocycles. The van der Waals surface area contributed by atoms with Crippen LogP contribution in [0.3, 0.4) is 0 Å². The fraction of sp³-hybridized carbons (Fsp3) is 0.286. The predicted octanol–water partition coefficient (Wildman–Crippen LogP) is 0.333. The Morgan fingerprint density at radius 3 is 2.43 bits per heavy atom. The van der Waals surface area contributed by atoms with Crippen LogP contribution in [0, 0.1) is 0 Å². The molecule has 0 radical (unpaired) electrons. The maximum Gasteiger partial charge on any atom is 0.488 e. The van der Waals surface area contributed by atoms with Gasteiger partial charge in [0, 0.05) is 5.75 Å². The van der Waals surface area contributed by atoms with Gasteiger partial charge in [0.05, 0.1) is 5.75 Å². The third-order valence-electron chi connectivity index (χ3n) is 3.24. The predicted molar refractivity (Wildman–Crippen MR) is 83.6 cm³/mol. The number of fused-ring (bicyclic) bond motifs is 1. The van der Waals surface area contributed by atoms with Gasteiger partial charge in [-0.2, -0.15) is 0 Å². The summed E-state index contributed by atoms with van der Waals surface area (Å²) in [6.45, 7) is 1.73. The SMILES string of the molecule is CCS(=O)(=O)CCOc1ccc2cc(B(O)O)ccc2c1. The molecule has 0 aromatic heterocycles. The van der Waals surface area contributed by atoms with Gasteiger partial charge in [0.15, 0.2) is 9.84 Å². The molecular weight excluding hydrogens is 291 g/mol. The standard InChI is InChI=1S/C14H17BO5S/c1-2-21(18,19)8-7-20-14-6-4-11-9-13(15(16)17)5-3-12(11)10-14/h3-6,9-10,16-17H,2,7-8H2,1H3. The van der Waals surface area contributed by atoms with E-state index in [0.29, 0.717) is 11.2 Å². The fourth-order valence-electron chi connectivity index (χ4n) is 1.92. The van der Waals surface area contributed by atoms with E-state index in [1.807, 2.05) is 0 Å². The molecule has 0 aliphatic heterocycles. The van der Waals surface area contributed by atoms with E-state index >= 15 is 0 Å². The van der Waals surface area contributed by atoms with Crippen molar-refractivity contribution >= 4 is 33.2 Å². The summed E-state index contributed by atoms with van der Waals surface area (Å²) >= 11 is 0. The molecular formula is C14H17BO5S. The summed E-state index contributed by atoms with van der Waals surface area (Å²) in [5, 5.41) is 20.0. The molecule has 2 N–H and O–H groups in total. The molecule has 2 aromatic rings. The van der Waals surface area contributed by atoms with Crippen molar-refractivity contribution in [2.45, 2.75) is 6.92 Å². The quantitative estimate of drug-likeness (QED) is 0.752. The van der Waals surface area contributed by atoms with Crippen molar-refractivity contribution in [3.63, 3.8) is 0 Å². The first-order valence-electron chi connectivity index (χ1n) is 6.64. The van der Waals surface area contributed by atoms with E-state index in [9.17, 15) is 8.42 Å². The Balaban J connectivity index is 2.11. The number of sulfone groups is 1. The zero-order valence-corrected chi connectivity index (χ0v) is 12.5.